The van der Waals surface area contributed by atoms with Crippen LogP contribution in [0, 0.1) is 6.92 Å². The molecule has 3 rings (SSSR count). The summed E-state index contributed by atoms with van der Waals surface area (Å²) in [4.78, 5) is 24.7. The minimum absolute atomic E-state index is 0.277. The standard InChI is InChI=1S/C23H24Cl2N2O4S/c1-12-10-17-16(20(25)19(12)24)11-18(27(17)5)21(28)26-13(2)14-6-8-15(9-7-14)32(31)23(3,4)22(29)30/h6-11,13H,1-5H3,(H,26,28)(H,29,30). The van der Waals surface area contributed by atoms with Gasteiger partial charge in [-0.05, 0) is 63.1 Å². The maximum atomic E-state index is 13.0. The first-order valence-electron chi connectivity index (χ1n) is 9.86. The van der Waals surface area contributed by atoms with Crippen molar-refractivity contribution >= 4 is 57.2 Å². The van der Waals surface area contributed by atoms with Crippen LogP contribution in [-0.2, 0) is 23.0 Å². The van der Waals surface area contributed by atoms with Crippen LogP contribution in [0.15, 0.2) is 41.3 Å². The first-order chi connectivity index (χ1) is 14.9. The third-order valence-electron chi connectivity index (χ3n) is 5.56. The van der Waals surface area contributed by atoms with Gasteiger partial charge in [0.05, 0.1) is 21.6 Å². The summed E-state index contributed by atoms with van der Waals surface area (Å²) in [6, 6.07) is 9.98. The largest absolute Gasteiger partial charge is 0.611 e. The fourth-order valence-corrected chi connectivity index (χ4v) is 4.94. The Balaban J connectivity index is 1.81. The third kappa shape index (κ3) is 4.35. The number of hydrogen-bond donors (Lipinski definition) is 2. The van der Waals surface area contributed by atoms with Crippen molar-refractivity contribution in [2.45, 2.75) is 43.4 Å². The minimum atomic E-state index is -1.72. The van der Waals surface area contributed by atoms with Gasteiger partial charge in [0, 0.05) is 23.6 Å². The van der Waals surface area contributed by atoms with E-state index < -0.39 is 21.9 Å². The molecule has 0 aliphatic heterocycles. The number of carboxylic acid groups (broad SMARTS) is 1. The predicted octanol–water partition coefficient (Wildman–Crippen LogP) is 5.26. The summed E-state index contributed by atoms with van der Waals surface area (Å²) >= 11 is 10.9. The molecule has 0 saturated carbocycles. The Kier molecular flexibility index (Phi) is 6.86. The van der Waals surface area contributed by atoms with Crippen LogP contribution in [0.2, 0.25) is 10.0 Å². The number of aliphatic carboxylic acids is 1. The molecule has 0 bridgehead atoms. The topological polar surface area (TPSA) is 94.4 Å². The number of carbonyl (C=O) groups is 2. The van der Waals surface area contributed by atoms with Gasteiger partial charge >= 0.3 is 5.97 Å². The van der Waals surface area contributed by atoms with Crippen LogP contribution in [0.25, 0.3) is 10.9 Å². The van der Waals surface area contributed by atoms with E-state index in [0.29, 0.717) is 26.0 Å². The Morgan fingerprint density at radius 3 is 2.31 bits per heavy atom. The lowest BCUT2D eigenvalue weighted by Crippen LogP contribution is -2.40. The van der Waals surface area contributed by atoms with E-state index in [-0.39, 0.29) is 11.9 Å². The zero-order valence-corrected chi connectivity index (χ0v) is 20.7. The van der Waals surface area contributed by atoms with E-state index in [1.807, 2.05) is 19.9 Å². The number of aromatic nitrogens is 1. The van der Waals surface area contributed by atoms with Gasteiger partial charge in [-0.1, -0.05) is 35.3 Å². The van der Waals surface area contributed by atoms with Crippen LogP contribution in [-0.4, -0.2) is 30.8 Å². The molecule has 0 spiro atoms. The summed E-state index contributed by atoms with van der Waals surface area (Å²) < 4.78 is 13.0. The molecule has 32 heavy (non-hydrogen) atoms. The van der Waals surface area contributed by atoms with Crippen molar-refractivity contribution in [3.8, 4) is 0 Å². The average molecular weight is 495 g/mol. The Morgan fingerprint density at radius 1 is 1.16 bits per heavy atom. The van der Waals surface area contributed by atoms with Gasteiger partial charge in [0.15, 0.2) is 4.90 Å². The number of nitrogens with one attached hydrogen (secondary N) is 1. The highest BCUT2D eigenvalue weighted by Crippen LogP contribution is 2.35. The smallest absolute Gasteiger partial charge is 0.360 e. The number of hydrogen-bond acceptors (Lipinski definition) is 3. The second-order valence-corrected chi connectivity index (χ2v) is 11.0. The molecule has 2 aromatic carbocycles. The fourth-order valence-electron chi connectivity index (χ4n) is 3.35. The van der Waals surface area contributed by atoms with Gasteiger partial charge in [0.25, 0.3) is 5.91 Å². The van der Waals surface area contributed by atoms with Gasteiger partial charge in [0.2, 0.25) is 4.75 Å². The van der Waals surface area contributed by atoms with Crippen molar-refractivity contribution in [2.75, 3.05) is 0 Å². The molecule has 1 heterocycles. The second kappa shape index (κ2) is 8.98. The van der Waals surface area contributed by atoms with Gasteiger partial charge in [-0.3, -0.25) is 4.79 Å². The van der Waals surface area contributed by atoms with Gasteiger partial charge in [-0.25, -0.2) is 4.79 Å². The van der Waals surface area contributed by atoms with Crippen molar-refractivity contribution < 1.29 is 19.2 Å². The lowest BCUT2D eigenvalue weighted by Gasteiger charge is -2.24. The highest BCUT2D eigenvalue weighted by Gasteiger charge is 2.41. The number of carbonyl (C=O) groups excluding carboxylic acids is 1. The Morgan fingerprint density at radius 2 is 1.75 bits per heavy atom. The number of carboxylic acids is 1. The van der Waals surface area contributed by atoms with Crippen molar-refractivity contribution in [2.24, 2.45) is 7.05 Å². The van der Waals surface area contributed by atoms with E-state index in [0.717, 1.165) is 16.6 Å². The van der Waals surface area contributed by atoms with E-state index in [4.69, 9.17) is 23.2 Å². The van der Waals surface area contributed by atoms with Crippen molar-refractivity contribution in [3.63, 3.8) is 0 Å². The number of nitrogens with zero attached hydrogens (tertiary/aromatic N) is 1. The van der Waals surface area contributed by atoms with E-state index in [9.17, 15) is 19.2 Å². The molecule has 1 amide bonds. The first kappa shape index (κ1) is 24.5. The normalized spacial score (nSPS) is 13.8. The summed E-state index contributed by atoms with van der Waals surface area (Å²) in [5, 5.41) is 13.8. The number of amides is 1. The quantitative estimate of drug-likeness (QED) is 0.457. The molecule has 9 heteroatoms. The molecule has 0 radical (unpaired) electrons. The molecule has 0 fully saturated rings. The van der Waals surface area contributed by atoms with Crippen LogP contribution in [0.5, 0.6) is 0 Å². The molecule has 0 saturated heterocycles. The van der Waals surface area contributed by atoms with Crippen LogP contribution in [0.4, 0.5) is 0 Å². The molecule has 2 unspecified atom stereocenters. The summed E-state index contributed by atoms with van der Waals surface area (Å²) in [6.07, 6.45) is 0. The molecule has 6 nitrogen and oxygen atoms in total. The van der Waals surface area contributed by atoms with E-state index in [2.05, 4.69) is 5.32 Å². The summed E-state index contributed by atoms with van der Waals surface area (Å²) in [5.74, 6) is -1.41. The molecule has 0 aliphatic carbocycles. The summed E-state index contributed by atoms with van der Waals surface area (Å²) in [5.41, 5.74) is 2.87. The molecule has 170 valence electrons. The zero-order valence-electron chi connectivity index (χ0n) is 18.3. The van der Waals surface area contributed by atoms with Gasteiger partial charge in [0.1, 0.15) is 5.69 Å². The number of halogens is 2. The minimum Gasteiger partial charge on any atom is -0.611 e. The number of aryl methyl sites for hydroxylation is 2. The highest BCUT2D eigenvalue weighted by atomic mass is 35.5. The maximum absolute atomic E-state index is 13.0. The van der Waals surface area contributed by atoms with Gasteiger partial charge in [-0.15, -0.1) is 0 Å². The zero-order chi connectivity index (χ0) is 24.0. The maximum Gasteiger partial charge on any atom is 0.360 e. The summed E-state index contributed by atoms with van der Waals surface area (Å²) in [6.45, 7) is 6.54. The molecular weight excluding hydrogens is 471 g/mol. The van der Waals surface area contributed by atoms with Crippen molar-refractivity contribution in [1.29, 1.82) is 0 Å². The van der Waals surface area contributed by atoms with Crippen LogP contribution in [0.1, 0.15) is 48.4 Å². The SMILES string of the molecule is Cc1cc2c(cc(C(=O)NC(C)c3ccc([S+]([O-])C(C)(C)C(=O)O)cc3)n2C)c(Cl)c1Cl. The lowest BCUT2D eigenvalue weighted by atomic mass is 10.1. The Bertz CT molecular complexity index is 1210. The van der Waals surface area contributed by atoms with E-state index >= 15 is 0 Å². The lowest BCUT2D eigenvalue weighted by molar-refractivity contribution is -0.139. The number of rotatable bonds is 6. The predicted molar refractivity (Wildman–Crippen MR) is 128 cm³/mol. The molecule has 1 aromatic heterocycles. The summed E-state index contributed by atoms with van der Waals surface area (Å²) in [7, 11) is 1.79. The fraction of sp³-hybridized carbons (Fsp3) is 0.304. The average Bonchev–Trinajstić information content (AvgIpc) is 3.08. The van der Waals surface area contributed by atoms with Crippen LogP contribution >= 0.6 is 23.2 Å². The number of benzene rings is 2. The highest BCUT2D eigenvalue weighted by molar-refractivity contribution is 7.93. The van der Waals surface area contributed by atoms with Crippen LogP contribution in [0.3, 0.4) is 0 Å². The van der Waals surface area contributed by atoms with Crippen LogP contribution < -0.4 is 5.32 Å². The monoisotopic (exact) mass is 494 g/mol. The molecule has 0 aliphatic rings. The molecule has 3 aromatic rings. The van der Waals surface area contributed by atoms with Gasteiger partial charge in [-0.2, -0.15) is 0 Å². The van der Waals surface area contributed by atoms with E-state index in [1.54, 1.807) is 41.9 Å². The Labute approximate surface area is 199 Å². The van der Waals surface area contributed by atoms with Crippen molar-refractivity contribution in [1.82, 2.24) is 9.88 Å². The van der Waals surface area contributed by atoms with Crippen molar-refractivity contribution in [3.05, 3.63) is 63.3 Å². The second-order valence-electron chi connectivity index (χ2n) is 8.19. The van der Waals surface area contributed by atoms with E-state index in [1.165, 1.54) is 13.8 Å². The molecule has 2 atom stereocenters. The van der Waals surface area contributed by atoms with Gasteiger partial charge < -0.3 is 19.5 Å². The number of fused-ring (bicyclic) bond motifs is 1. The first-order valence-corrected chi connectivity index (χ1v) is 11.8. The third-order valence-corrected chi connectivity index (χ3v) is 8.34. The molecule has 2 N–H and O–H groups in total. The molecular formula is C23H24Cl2N2O4S. The Hall–Kier alpha value is -2.19.